The number of methoxy groups -OCH3 is 1. The Morgan fingerprint density at radius 3 is 2.91 bits per heavy atom. The molecule has 1 aromatic carbocycles. The van der Waals surface area contributed by atoms with Crippen molar-refractivity contribution in [1.82, 2.24) is 9.55 Å². The van der Waals surface area contributed by atoms with Gasteiger partial charge in [-0.1, -0.05) is 18.2 Å². The van der Waals surface area contributed by atoms with E-state index in [0.29, 0.717) is 30.3 Å². The van der Waals surface area contributed by atoms with Gasteiger partial charge < -0.3 is 23.9 Å². The van der Waals surface area contributed by atoms with Crippen LogP contribution in [-0.4, -0.2) is 47.6 Å². The number of carbonyl (C=O) groups excluding carboxylic acids is 1. The number of rotatable bonds is 9. The summed E-state index contributed by atoms with van der Waals surface area (Å²) in [5.74, 6) is -0.184. The number of hydrogen-bond acceptors (Lipinski definition) is 6. The van der Waals surface area contributed by atoms with Crippen molar-refractivity contribution in [3.05, 3.63) is 70.7 Å². The molecule has 1 aliphatic heterocycles. The van der Waals surface area contributed by atoms with Crippen LogP contribution in [0.4, 0.5) is 0 Å². The summed E-state index contributed by atoms with van der Waals surface area (Å²) in [5.41, 5.74) is 3.66. The van der Waals surface area contributed by atoms with Crippen LogP contribution in [0.3, 0.4) is 0 Å². The van der Waals surface area contributed by atoms with Crippen molar-refractivity contribution < 1.29 is 24.1 Å². The highest BCUT2D eigenvalue weighted by Crippen LogP contribution is 2.38. The monoisotopic (exact) mass is 470 g/mol. The quantitative estimate of drug-likeness (QED) is 0.286. The van der Waals surface area contributed by atoms with Crippen molar-refractivity contribution in [3.8, 4) is 5.75 Å². The number of fused-ring (bicyclic) bond motifs is 1. The van der Waals surface area contributed by atoms with Crippen LogP contribution < -0.4 is 4.74 Å². The zero-order valence-electron chi connectivity index (χ0n) is 18.7. The highest BCUT2D eigenvalue weighted by Gasteiger charge is 2.36. The summed E-state index contributed by atoms with van der Waals surface area (Å²) >= 11 is 6.27. The van der Waals surface area contributed by atoms with Crippen LogP contribution in [0, 0.1) is 12.8 Å². The van der Waals surface area contributed by atoms with Crippen molar-refractivity contribution in [2.24, 2.45) is 5.92 Å². The van der Waals surface area contributed by atoms with Gasteiger partial charge in [0.25, 0.3) is 0 Å². The fourth-order valence-electron chi connectivity index (χ4n) is 4.09. The third-order valence-corrected chi connectivity index (χ3v) is 6.24. The van der Waals surface area contributed by atoms with Crippen molar-refractivity contribution in [1.29, 1.82) is 0 Å². The molecule has 3 aromatic rings. The number of hydrogen-bond donors (Lipinski definition) is 1. The normalized spacial score (nSPS) is 16.9. The third kappa shape index (κ3) is 4.76. The zero-order chi connectivity index (χ0) is 23.5. The first-order chi connectivity index (χ1) is 15.9. The average molecular weight is 471 g/mol. The van der Waals surface area contributed by atoms with Crippen LogP contribution in [0.2, 0.25) is 5.02 Å². The number of aromatic nitrogens is 2. The van der Waals surface area contributed by atoms with Gasteiger partial charge in [-0.15, -0.1) is 0 Å². The maximum Gasteiger partial charge on any atom is 0.333 e. The molecule has 1 N–H and O–H groups in total. The lowest BCUT2D eigenvalue weighted by Gasteiger charge is -2.15. The lowest BCUT2D eigenvalue weighted by atomic mass is 9.92. The SMILES string of the molecule is C=C1C(=O)OCC1C(O)c1cn(Cc2nccc(OCCCOC)c2C)c2ccc(Cl)cc12. The van der Waals surface area contributed by atoms with E-state index in [1.807, 2.05) is 42.0 Å². The summed E-state index contributed by atoms with van der Waals surface area (Å²) in [4.78, 5) is 16.3. The summed E-state index contributed by atoms with van der Waals surface area (Å²) in [7, 11) is 1.67. The summed E-state index contributed by atoms with van der Waals surface area (Å²) in [6, 6.07) is 7.41. The molecule has 0 saturated carbocycles. The predicted molar refractivity (Wildman–Crippen MR) is 126 cm³/mol. The molecule has 0 bridgehead atoms. The minimum Gasteiger partial charge on any atom is -0.493 e. The lowest BCUT2D eigenvalue weighted by molar-refractivity contribution is -0.135. The van der Waals surface area contributed by atoms with E-state index in [0.717, 1.165) is 34.3 Å². The molecular formula is C25H27ClN2O5. The van der Waals surface area contributed by atoms with Gasteiger partial charge in [0.15, 0.2) is 0 Å². The van der Waals surface area contributed by atoms with Gasteiger partial charge in [0.05, 0.1) is 30.9 Å². The van der Waals surface area contributed by atoms with Crippen LogP contribution in [0.1, 0.15) is 29.3 Å². The molecule has 2 unspecified atom stereocenters. The summed E-state index contributed by atoms with van der Waals surface area (Å²) < 4.78 is 18.1. The van der Waals surface area contributed by atoms with E-state index in [9.17, 15) is 9.90 Å². The van der Waals surface area contributed by atoms with Crippen molar-refractivity contribution in [2.75, 3.05) is 26.9 Å². The molecule has 0 radical (unpaired) electrons. The number of nitrogens with zero attached hydrogens (tertiary/aromatic N) is 2. The number of esters is 1. The molecule has 1 fully saturated rings. The maximum atomic E-state index is 11.8. The number of carbonyl (C=O) groups is 1. The molecular weight excluding hydrogens is 444 g/mol. The van der Waals surface area contributed by atoms with Gasteiger partial charge in [-0.2, -0.15) is 0 Å². The third-order valence-electron chi connectivity index (χ3n) is 6.01. The Balaban J connectivity index is 1.65. The maximum absolute atomic E-state index is 11.8. The Hall–Kier alpha value is -2.87. The van der Waals surface area contributed by atoms with Crippen LogP contribution in [0.5, 0.6) is 5.75 Å². The summed E-state index contributed by atoms with van der Waals surface area (Å²) in [6.07, 6.45) is 3.47. The second-order valence-electron chi connectivity index (χ2n) is 8.12. The number of cyclic esters (lactones) is 1. The Morgan fingerprint density at radius 1 is 1.36 bits per heavy atom. The molecule has 2 atom stereocenters. The highest BCUT2D eigenvalue weighted by atomic mass is 35.5. The van der Waals surface area contributed by atoms with Crippen LogP contribution >= 0.6 is 11.6 Å². The fraction of sp³-hybridized carbons (Fsp3) is 0.360. The topological polar surface area (TPSA) is 82.8 Å². The summed E-state index contributed by atoms with van der Waals surface area (Å²) in [5, 5.41) is 12.5. The second-order valence-corrected chi connectivity index (χ2v) is 8.56. The number of pyridine rings is 1. The molecule has 0 amide bonds. The minimum absolute atomic E-state index is 0.106. The molecule has 1 saturated heterocycles. The van der Waals surface area contributed by atoms with Crippen molar-refractivity contribution >= 4 is 28.5 Å². The van der Waals surface area contributed by atoms with Gasteiger partial charge in [-0.05, 0) is 31.2 Å². The fourth-order valence-corrected chi connectivity index (χ4v) is 4.27. The van der Waals surface area contributed by atoms with Gasteiger partial charge in [0.1, 0.15) is 12.4 Å². The predicted octanol–water partition coefficient (Wildman–Crippen LogP) is 4.22. The molecule has 7 nitrogen and oxygen atoms in total. The minimum atomic E-state index is -0.948. The van der Waals surface area contributed by atoms with Gasteiger partial charge in [-0.25, -0.2) is 4.79 Å². The molecule has 8 heteroatoms. The molecule has 4 rings (SSSR count). The number of halogens is 1. The Morgan fingerprint density at radius 2 is 2.18 bits per heavy atom. The molecule has 2 aromatic heterocycles. The first-order valence-corrected chi connectivity index (χ1v) is 11.2. The van der Waals surface area contributed by atoms with Crippen molar-refractivity contribution in [2.45, 2.75) is 26.0 Å². The standard InChI is InChI=1S/C25H27ClN2O5/c1-15-20(14-33-25(15)30)24(29)19-12-28(22-6-5-17(26)11-18(19)22)13-21-16(2)23(7-8-27-21)32-10-4-9-31-3/h5-8,11-12,20,24,29H,1,4,9-10,13-14H2,2-3H3. The molecule has 174 valence electrons. The number of aliphatic hydroxyl groups is 1. The van der Waals surface area contributed by atoms with Gasteiger partial charge in [-0.3, -0.25) is 4.98 Å². The van der Waals surface area contributed by atoms with E-state index in [1.54, 1.807) is 13.3 Å². The molecule has 1 aliphatic rings. The van der Waals surface area contributed by atoms with E-state index in [-0.39, 0.29) is 12.2 Å². The molecule has 0 aliphatic carbocycles. The van der Waals surface area contributed by atoms with Crippen molar-refractivity contribution in [3.63, 3.8) is 0 Å². The average Bonchev–Trinajstić information content (AvgIpc) is 3.32. The van der Waals surface area contributed by atoms with Gasteiger partial charge in [0, 0.05) is 65.2 Å². The van der Waals surface area contributed by atoms with E-state index < -0.39 is 18.0 Å². The van der Waals surface area contributed by atoms with Crippen LogP contribution in [0.25, 0.3) is 10.9 Å². The molecule has 3 heterocycles. The van der Waals surface area contributed by atoms with Crippen LogP contribution in [-0.2, 0) is 20.8 Å². The Bertz CT molecular complexity index is 1190. The Kier molecular flexibility index (Phi) is 7.02. The number of ether oxygens (including phenoxy) is 3. The Labute approximate surface area is 197 Å². The van der Waals surface area contributed by atoms with E-state index in [4.69, 9.17) is 25.8 Å². The van der Waals surface area contributed by atoms with Gasteiger partial charge >= 0.3 is 5.97 Å². The summed E-state index contributed by atoms with van der Waals surface area (Å²) in [6.45, 7) is 7.57. The lowest BCUT2D eigenvalue weighted by Crippen LogP contribution is -2.14. The highest BCUT2D eigenvalue weighted by molar-refractivity contribution is 6.31. The first-order valence-electron chi connectivity index (χ1n) is 10.8. The number of aliphatic hydroxyl groups excluding tert-OH is 1. The van der Waals surface area contributed by atoms with E-state index >= 15 is 0 Å². The number of benzene rings is 1. The second kappa shape index (κ2) is 9.95. The first kappa shape index (κ1) is 23.3. The van der Waals surface area contributed by atoms with E-state index in [2.05, 4.69) is 11.6 Å². The molecule has 0 spiro atoms. The largest absolute Gasteiger partial charge is 0.493 e. The molecule has 33 heavy (non-hydrogen) atoms. The van der Waals surface area contributed by atoms with Gasteiger partial charge in [0.2, 0.25) is 0 Å². The smallest absolute Gasteiger partial charge is 0.333 e. The zero-order valence-corrected chi connectivity index (χ0v) is 19.5. The van der Waals surface area contributed by atoms with Crippen LogP contribution in [0.15, 0.2) is 48.8 Å². The van der Waals surface area contributed by atoms with E-state index in [1.165, 1.54) is 0 Å².